The summed E-state index contributed by atoms with van der Waals surface area (Å²) < 4.78 is 0. The highest BCUT2D eigenvalue weighted by atomic mass is 32.1. The Morgan fingerprint density at radius 1 is 1.44 bits per heavy atom. The Bertz CT molecular complexity index is 554. The average Bonchev–Trinajstić information content (AvgIpc) is 2.75. The molecule has 0 aliphatic rings. The summed E-state index contributed by atoms with van der Waals surface area (Å²) in [4.78, 5) is 15.7. The first-order valence-corrected chi connectivity index (χ1v) is 6.32. The molecule has 0 spiro atoms. The van der Waals surface area contributed by atoms with Gasteiger partial charge in [-0.05, 0) is 12.5 Å². The molecule has 0 amide bonds. The number of nitro benzene ring substituents is 1. The second-order valence-corrected chi connectivity index (χ2v) is 5.21. The Labute approximate surface area is 109 Å². The number of non-ortho nitro benzene ring substituents is 1. The van der Waals surface area contributed by atoms with Gasteiger partial charge in [0.1, 0.15) is 5.01 Å². The Balaban J connectivity index is 1.90. The van der Waals surface area contributed by atoms with Crippen molar-refractivity contribution < 1.29 is 4.92 Å². The van der Waals surface area contributed by atoms with Gasteiger partial charge in [-0.1, -0.05) is 12.1 Å². The Morgan fingerprint density at radius 2 is 2.28 bits per heavy atom. The van der Waals surface area contributed by atoms with Crippen LogP contribution in [0.1, 0.15) is 15.4 Å². The molecule has 18 heavy (non-hydrogen) atoms. The molecular formula is C12H13N3O2S. The standard InChI is InChI=1S/C12H13N3O2S/c1-9-6-14-12(18-9)8-13-7-10-3-2-4-11(5-10)15(16)17/h2-6,13H,7-8H2,1H3. The van der Waals surface area contributed by atoms with Gasteiger partial charge in [0.05, 0.1) is 4.92 Å². The molecule has 0 saturated carbocycles. The van der Waals surface area contributed by atoms with Gasteiger partial charge in [-0.2, -0.15) is 0 Å². The van der Waals surface area contributed by atoms with Crippen LogP contribution in [0.25, 0.3) is 0 Å². The molecule has 1 aromatic carbocycles. The van der Waals surface area contributed by atoms with Crippen molar-refractivity contribution in [2.75, 3.05) is 0 Å². The lowest BCUT2D eigenvalue weighted by atomic mass is 10.2. The quantitative estimate of drug-likeness (QED) is 0.665. The van der Waals surface area contributed by atoms with Gasteiger partial charge in [0, 0.05) is 36.3 Å². The number of benzene rings is 1. The molecule has 0 saturated heterocycles. The van der Waals surface area contributed by atoms with E-state index < -0.39 is 0 Å². The lowest BCUT2D eigenvalue weighted by molar-refractivity contribution is -0.384. The number of thiazole rings is 1. The molecule has 6 heteroatoms. The number of hydrogen-bond donors (Lipinski definition) is 1. The van der Waals surface area contributed by atoms with Gasteiger partial charge in [-0.15, -0.1) is 11.3 Å². The third-order valence-corrected chi connectivity index (χ3v) is 3.31. The molecule has 0 bridgehead atoms. The first-order chi connectivity index (χ1) is 8.65. The van der Waals surface area contributed by atoms with Gasteiger partial charge in [0.15, 0.2) is 0 Å². The first-order valence-electron chi connectivity index (χ1n) is 5.50. The minimum Gasteiger partial charge on any atom is -0.306 e. The van der Waals surface area contributed by atoms with Crippen LogP contribution < -0.4 is 5.32 Å². The fourth-order valence-electron chi connectivity index (χ4n) is 1.58. The van der Waals surface area contributed by atoms with E-state index in [1.807, 2.05) is 19.2 Å². The van der Waals surface area contributed by atoms with E-state index in [4.69, 9.17) is 0 Å². The molecule has 0 unspecified atom stereocenters. The number of nitro groups is 1. The summed E-state index contributed by atoms with van der Waals surface area (Å²) >= 11 is 1.65. The van der Waals surface area contributed by atoms with Gasteiger partial charge in [-0.3, -0.25) is 10.1 Å². The largest absolute Gasteiger partial charge is 0.306 e. The van der Waals surface area contributed by atoms with Crippen molar-refractivity contribution in [3.8, 4) is 0 Å². The molecule has 0 aliphatic carbocycles. The Hall–Kier alpha value is -1.79. The molecule has 1 aromatic heterocycles. The highest BCUT2D eigenvalue weighted by Crippen LogP contribution is 2.14. The minimum absolute atomic E-state index is 0.124. The van der Waals surface area contributed by atoms with Crippen molar-refractivity contribution in [1.82, 2.24) is 10.3 Å². The Kier molecular flexibility index (Phi) is 4.01. The van der Waals surface area contributed by atoms with Crippen molar-refractivity contribution in [2.45, 2.75) is 20.0 Å². The van der Waals surface area contributed by atoms with Crippen LogP contribution in [0.2, 0.25) is 0 Å². The zero-order valence-electron chi connectivity index (χ0n) is 9.92. The van der Waals surface area contributed by atoms with Gasteiger partial charge in [0.2, 0.25) is 0 Å². The topological polar surface area (TPSA) is 68.1 Å². The molecule has 0 atom stereocenters. The number of aromatic nitrogens is 1. The lowest BCUT2D eigenvalue weighted by Gasteiger charge is -2.02. The third-order valence-electron chi connectivity index (χ3n) is 2.40. The molecule has 0 radical (unpaired) electrons. The maximum absolute atomic E-state index is 10.6. The normalized spacial score (nSPS) is 10.5. The summed E-state index contributed by atoms with van der Waals surface area (Å²) in [6, 6.07) is 6.64. The second kappa shape index (κ2) is 5.70. The van der Waals surface area contributed by atoms with E-state index >= 15 is 0 Å². The van der Waals surface area contributed by atoms with Crippen molar-refractivity contribution in [3.63, 3.8) is 0 Å². The predicted molar refractivity (Wildman–Crippen MR) is 70.5 cm³/mol. The van der Waals surface area contributed by atoms with Crippen LogP contribution in [0.15, 0.2) is 30.5 Å². The van der Waals surface area contributed by atoms with Gasteiger partial charge in [-0.25, -0.2) is 4.98 Å². The van der Waals surface area contributed by atoms with Crippen LogP contribution in [-0.2, 0) is 13.1 Å². The van der Waals surface area contributed by atoms with Gasteiger partial charge < -0.3 is 5.32 Å². The van der Waals surface area contributed by atoms with Crippen LogP contribution in [-0.4, -0.2) is 9.91 Å². The van der Waals surface area contributed by atoms with Crippen LogP contribution in [0.3, 0.4) is 0 Å². The van der Waals surface area contributed by atoms with Crippen molar-refractivity contribution in [1.29, 1.82) is 0 Å². The highest BCUT2D eigenvalue weighted by molar-refractivity contribution is 7.11. The van der Waals surface area contributed by atoms with Crippen LogP contribution in [0, 0.1) is 17.0 Å². The average molecular weight is 263 g/mol. The zero-order valence-corrected chi connectivity index (χ0v) is 10.7. The van der Waals surface area contributed by atoms with Gasteiger partial charge in [0.25, 0.3) is 5.69 Å². The third kappa shape index (κ3) is 3.35. The van der Waals surface area contributed by atoms with E-state index in [9.17, 15) is 10.1 Å². The SMILES string of the molecule is Cc1cnc(CNCc2cccc([N+](=O)[O-])c2)s1. The van der Waals surface area contributed by atoms with Gasteiger partial charge >= 0.3 is 0 Å². The zero-order chi connectivity index (χ0) is 13.0. The summed E-state index contributed by atoms with van der Waals surface area (Å²) in [5, 5.41) is 14.9. The molecule has 5 nitrogen and oxygen atoms in total. The number of nitrogens with zero attached hydrogens (tertiary/aromatic N) is 2. The van der Waals surface area contributed by atoms with Crippen molar-refractivity contribution in [3.05, 3.63) is 56.0 Å². The molecule has 2 rings (SSSR count). The first kappa shape index (κ1) is 12.7. The predicted octanol–water partition coefficient (Wildman–Crippen LogP) is 2.65. The van der Waals surface area contributed by atoms with E-state index in [0.29, 0.717) is 13.1 Å². The lowest BCUT2D eigenvalue weighted by Crippen LogP contribution is -2.12. The number of hydrogen-bond acceptors (Lipinski definition) is 5. The van der Waals surface area contributed by atoms with E-state index in [-0.39, 0.29) is 10.6 Å². The molecule has 0 fully saturated rings. The maximum Gasteiger partial charge on any atom is 0.269 e. The Morgan fingerprint density at radius 3 is 2.94 bits per heavy atom. The smallest absolute Gasteiger partial charge is 0.269 e. The summed E-state index contributed by atoms with van der Waals surface area (Å²) in [5.74, 6) is 0. The number of aryl methyl sites for hydroxylation is 1. The van der Waals surface area contributed by atoms with E-state index in [0.717, 1.165) is 10.6 Å². The maximum atomic E-state index is 10.6. The molecule has 0 aliphatic heterocycles. The summed E-state index contributed by atoms with van der Waals surface area (Å²) in [6.45, 7) is 3.29. The van der Waals surface area contributed by atoms with E-state index in [2.05, 4.69) is 10.3 Å². The summed E-state index contributed by atoms with van der Waals surface area (Å²) in [7, 11) is 0. The number of rotatable bonds is 5. The minimum atomic E-state index is -0.381. The summed E-state index contributed by atoms with van der Waals surface area (Å²) in [5.41, 5.74) is 1.02. The second-order valence-electron chi connectivity index (χ2n) is 3.90. The summed E-state index contributed by atoms with van der Waals surface area (Å²) in [6.07, 6.45) is 1.84. The molecule has 1 N–H and O–H groups in total. The van der Waals surface area contributed by atoms with E-state index in [1.54, 1.807) is 23.5 Å². The molecule has 94 valence electrons. The van der Waals surface area contributed by atoms with E-state index in [1.165, 1.54) is 10.9 Å². The fraction of sp³-hybridized carbons (Fsp3) is 0.250. The molecular weight excluding hydrogens is 250 g/mol. The fourth-order valence-corrected chi connectivity index (χ4v) is 2.33. The van der Waals surface area contributed by atoms with Crippen molar-refractivity contribution in [2.24, 2.45) is 0 Å². The van der Waals surface area contributed by atoms with Crippen LogP contribution in [0.4, 0.5) is 5.69 Å². The van der Waals surface area contributed by atoms with Crippen LogP contribution in [0.5, 0.6) is 0 Å². The monoisotopic (exact) mass is 263 g/mol. The molecule has 1 heterocycles. The molecule has 2 aromatic rings. The number of nitrogens with one attached hydrogen (secondary N) is 1. The highest BCUT2D eigenvalue weighted by Gasteiger charge is 2.05. The van der Waals surface area contributed by atoms with Crippen molar-refractivity contribution >= 4 is 17.0 Å². The van der Waals surface area contributed by atoms with Crippen LogP contribution >= 0.6 is 11.3 Å².